The largest absolute Gasteiger partial charge is 0.493 e. The Kier molecular flexibility index (Phi) is 6.39. The minimum Gasteiger partial charge on any atom is -0.493 e. The highest BCUT2D eigenvalue weighted by atomic mass is 16.5. The number of carbonyl (C=O) groups excluding carboxylic acids is 1. The first-order valence-electron chi connectivity index (χ1n) is 12.3. The minimum absolute atomic E-state index is 0.168. The van der Waals surface area contributed by atoms with Crippen molar-refractivity contribution in [1.29, 1.82) is 0 Å². The van der Waals surface area contributed by atoms with Gasteiger partial charge in [-0.1, -0.05) is 73.5 Å². The Hall–Kier alpha value is -3.53. The molecule has 2 N–H and O–H groups in total. The van der Waals surface area contributed by atoms with Gasteiger partial charge in [-0.25, -0.2) is 0 Å². The lowest BCUT2D eigenvalue weighted by atomic mass is 9.78. The zero-order valence-electron chi connectivity index (χ0n) is 19.9. The maximum atomic E-state index is 13.8. The van der Waals surface area contributed by atoms with E-state index in [9.17, 15) is 4.79 Å². The Labute approximate surface area is 202 Å². The van der Waals surface area contributed by atoms with Gasteiger partial charge in [0.25, 0.3) is 0 Å². The van der Waals surface area contributed by atoms with Gasteiger partial charge in [0, 0.05) is 23.3 Å². The summed E-state index contributed by atoms with van der Waals surface area (Å²) in [6, 6.07) is 24.6. The van der Waals surface area contributed by atoms with E-state index in [4.69, 9.17) is 4.74 Å². The molecule has 2 aliphatic rings. The SMILES string of the molecule is CCCCOc1ccccc1[C@H]1Nc2ccccc2NC2=C1C(=O)C[C@@H](c1ccc(C)cc1)C2. The van der Waals surface area contributed by atoms with Crippen molar-refractivity contribution in [3.05, 3.63) is 101 Å². The van der Waals surface area contributed by atoms with Gasteiger partial charge >= 0.3 is 0 Å². The predicted molar refractivity (Wildman–Crippen MR) is 138 cm³/mol. The Morgan fingerprint density at radius 1 is 0.912 bits per heavy atom. The molecule has 0 spiro atoms. The van der Waals surface area contributed by atoms with E-state index in [1.54, 1.807) is 0 Å². The van der Waals surface area contributed by atoms with Crippen LogP contribution in [0.1, 0.15) is 61.3 Å². The molecule has 0 bridgehead atoms. The van der Waals surface area contributed by atoms with E-state index in [0.717, 1.165) is 53.2 Å². The van der Waals surface area contributed by atoms with Crippen LogP contribution < -0.4 is 15.4 Å². The van der Waals surface area contributed by atoms with Crippen LogP contribution >= 0.6 is 0 Å². The summed E-state index contributed by atoms with van der Waals surface area (Å²) in [5, 5.41) is 7.31. The number of nitrogens with one attached hydrogen (secondary N) is 2. The number of hydrogen-bond donors (Lipinski definition) is 2. The molecule has 174 valence electrons. The number of ketones is 1. The molecule has 5 rings (SSSR count). The van der Waals surface area contributed by atoms with Crippen LogP contribution in [0.5, 0.6) is 5.75 Å². The number of unbranched alkanes of at least 4 members (excludes halogenated alkanes) is 1. The van der Waals surface area contributed by atoms with Crippen molar-refractivity contribution in [1.82, 2.24) is 0 Å². The highest BCUT2D eigenvalue weighted by Gasteiger charge is 2.37. The van der Waals surface area contributed by atoms with Crippen molar-refractivity contribution in [3.8, 4) is 5.75 Å². The molecule has 0 radical (unpaired) electrons. The molecule has 1 heterocycles. The van der Waals surface area contributed by atoms with Crippen LogP contribution in [0.2, 0.25) is 0 Å². The summed E-state index contributed by atoms with van der Waals surface area (Å²) in [5.41, 5.74) is 7.28. The molecule has 3 aromatic rings. The van der Waals surface area contributed by atoms with E-state index in [1.807, 2.05) is 30.3 Å². The molecule has 3 aromatic carbocycles. The van der Waals surface area contributed by atoms with E-state index in [1.165, 1.54) is 11.1 Å². The number of aryl methyl sites for hydroxylation is 1. The molecule has 34 heavy (non-hydrogen) atoms. The molecule has 1 aliphatic carbocycles. The van der Waals surface area contributed by atoms with Crippen molar-refractivity contribution in [2.24, 2.45) is 0 Å². The van der Waals surface area contributed by atoms with Gasteiger partial charge in [0.15, 0.2) is 5.78 Å². The molecule has 0 unspecified atom stereocenters. The zero-order valence-corrected chi connectivity index (χ0v) is 19.9. The number of fused-ring (bicyclic) bond motifs is 1. The summed E-state index contributed by atoms with van der Waals surface area (Å²) < 4.78 is 6.18. The summed E-state index contributed by atoms with van der Waals surface area (Å²) in [5.74, 6) is 1.20. The monoisotopic (exact) mass is 452 g/mol. The average molecular weight is 453 g/mol. The summed E-state index contributed by atoms with van der Waals surface area (Å²) in [6.07, 6.45) is 3.39. The first-order valence-corrected chi connectivity index (χ1v) is 12.3. The average Bonchev–Trinajstić information content (AvgIpc) is 3.02. The number of benzene rings is 3. The third-order valence-corrected chi connectivity index (χ3v) is 6.84. The Bertz CT molecular complexity index is 1210. The number of ether oxygens (including phenoxy) is 1. The quantitative estimate of drug-likeness (QED) is 0.390. The van der Waals surface area contributed by atoms with Crippen LogP contribution in [0.3, 0.4) is 0 Å². The predicted octanol–water partition coefficient (Wildman–Crippen LogP) is 7.15. The zero-order chi connectivity index (χ0) is 23.5. The summed E-state index contributed by atoms with van der Waals surface area (Å²) in [4.78, 5) is 13.8. The van der Waals surface area contributed by atoms with Crippen LogP contribution in [0.4, 0.5) is 11.4 Å². The third-order valence-electron chi connectivity index (χ3n) is 6.84. The molecule has 0 amide bonds. The molecule has 2 atom stereocenters. The minimum atomic E-state index is -0.268. The van der Waals surface area contributed by atoms with E-state index < -0.39 is 0 Å². The number of anilines is 2. The molecule has 1 aliphatic heterocycles. The van der Waals surface area contributed by atoms with Crippen molar-refractivity contribution in [2.45, 2.75) is 51.5 Å². The van der Waals surface area contributed by atoms with Crippen molar-refractivity contribution >= 4 is 17.2 Å². The second-order valence-corrected chi connectivity index (χ2v) is 9.32. The maximum Gasteiger partial charge on any atom is 0.163 e. The van der Waals surface area contributed by atoms with Crippen LogP contribution in [0.15, 0.2) is 84.1 Å². The van der Waals surface area contributed by atoms with Gasteiger partial charge in [0.2, 0.25) is 0 Å². The van der Waals surface area contributed by atoms with Crippen molar-refractivity contribution < 1.29 is 9.53 Å². The molecular weight excluding hydrogens is 420 g/mol. The molecule has 0 saturated heterocycles. The van der Waals surface area contributed by atoms with Gasteiger partial charge in [-0.2, -0.15) is 0 Å². The highest BCUT2D eigenvalue weighted by molar-refractivity contribution is 6.01. The number of carbonyl (C=O) groups is 1. The summed E-state index contributed by atoms with van der Waals surface area (Å²) in [7, 11) is 0. The lowest BCUT2D eigenvalue weighted by Gasteiger charge is -2.30. The molecule has 4 nitrogen and oxygen atoms in total. The smallest absolute Gasteiger partial charge is 0.163 e. The third kappa shape index (κ3) is 4.45. The fourth-order valence-corrected chi connectivity index (χ4v) is 4.98. The van der Waals surface area contributed by atoms with E-state index in [-0.39, 0.29) is 17.7 Å². The van der Waals surface area contributed by atoms with Gasteiger partial charge < -0.3 is 15.4 Å². The van der Waals surface area contributed by atoms with Crippen molar-refractivity contribution in [3.63, 3.8) is 0 Å². The molecule has 0 fully saturated rings. The van der Waals surface area contributed by atoms with Gasteiger partial charge in [-0.15, -0.1) is 0 Å². The number of Topliss-reactive ketones (excluding diaryl/α,β-unsaturated/α-hetero) is 1. The van der Waals surface area contributed by atoms with Gasteiger partial charge in [0.05, 0.1) is 24.0 Å². The van der Waals surface area contributed by atoms with Crippen LogP contribution in [0.25, 0.3) is 0 Å². The van der Waals surface area contributed by atoms with Crippen LogP contribution in [-0.2, 0) is 4.79 Å². The number of allylic oxidation sites excluding steroid dienone is 1. The molecule has 0 saturated carbocycles. The lowest BCUT2D eigenvalue weighted by molar-refractivity contribution is -0.116. The number of hydrogen-bond acceptors (Lipinski definition) is 4. The summed E-state index contributed by atoms with van der Waals surface area (Å²) in [6.45, 7) is 4.92. The second-order valence-electron chi connectivity index (χ2n) is 9.32. The Morgan fingerprint density at radius 2 is 1.65 bits per heavy atom. The number of para-hydroxylation sites is 3. The van der Waals surface area contributed by atoms with E-state index >= 15 is 0 Å². The topological polar surface area (TPSA) is 50.4 Å². The van der Waals surface area contributed by atoms with Gasteiger partial charge in [-0.05, 0) is 49.4 Å². The van der Waals surface area contributed by atoms with Gasteiger partial charge in [-0.3, -0.25) is 4.79 Å². The second kappa shape index (κ2) is 9.76. The first kappa shape index (κ1) is 22.3. The molecule has 4 heteroatoms. The fourth-order valence-electron chi connectivity index (χ4n) is 4.98. The van der Waals surface area contributed by atoms with Crippen LogP contribution in [0, 0.1) is 6.92 Å². The normalized spacial score (nSPS) is 19.4. The standard InChI is InChI=1S/C30H32N2O2/c1-3-4-17-34-28-12-8-5-9-23(28)30-29-26(31-24-10-6-7-11-25(24)32-30)18-22(19-27(29)33)21-15-13-20(2)14-16-21/h5-16,22,30-32H,3-4,17-19H2,1-2H3/t22-,30+/m0/s1. The molecular formula is C30H32N2O2. The number of rotatable bonds is 6. The lowest BCUT2D eigenvalue weighted by Crippen LogP contribution is -2.27. The van der Waals surface area contributed by atoms with E-state index in [0.29, 0.717) is 13.0 Å². The Balaban J connectivity index is 1.57. The fraction of sp³-hybridized carbons (Fsp3) is 0.300. The van der Waals surface area contributed by atoms with Crippen molar-refractivity contribution in [2.75, 3.05) is 17.2 Å². The molecule has 0 aromatic heterocycles. The van der Waals surface area contributed by atoms with Crippen LogP contribution in [-0.4, -0.2) is 12.4 Å². The first-order chi connectivity index (χ1) is 16.6. The maximum absolute atomic E-state index is 13.8. The summed E-state index contributed by atoms with van der Waals surface area (Å²) >= 11 is 0. The van der Waals surface area contributed by atoms with Gasteiger partial charge in [0.1, 0.15) is 5.75 Å². The highest BCUT2D eigenvalue weighted by Crippen LogP contribution is 2.45. The Morgan fingerprint density at radius 3 is 2.44 bits per heavy atom. The van der Waals surface area contributed by atoms with E-state index in [2.05, 4.69) is 66.9 Å².